The van der Waals surface area contributed by atoms with Crippen molar-refractivity contribution in [3.8, 4) is 0 Å². The monoisotopic (exact) mass is 821 g/mol. The third kappa shape index (κ3) is 17.3. The van der Waals surface area contributed by atoms with Gasteiger partial charge in [-0.15, -0.1) is 0 Å². The number of rotatable bonds is 6. The average Bonchev–Trinajstić information content (AvgIpc) is 3.16. The van der Waals surface area contributed by atoms with Gasteiger partial charge in [-0.25, -0.2) is 0 Å². The van der Waals surface area contributed by atoms with Crippen LogP contribution < -0.4 is 31.9 Å². The Morgan fingerprint density at radius 2 is 0.860 bits per heavy atom. The molecule has 9 N–H and O–H groups in total. The van der Waals surface area contributed by atoms with Crippen molar-refractivity contribution < 1.29 is 39.3 Å². The lowest BCUT2D eigenvalue weighted by Crippen LogP contribution is -2.47. The summed E-state index contributed by atoms with van der Waals surface area (Å²) in [6.45, 7) is -0.380. The molecule has 7 rings (SSSR count). The maximum absolute atomic E-state index is 12.9. The van der Waals surface area contributed by atoms with Gasteiger partial charge in [-0.1, -0.05) is 48.5 Å². The van der Waals surface area contributed by atoms with Gasteiger partial charge in [0.2, 0.25) is 11.8 Å². The van der Waals surface area contributed by atoms with Crippen molar-refractivity contribution in [2.75, 3.05) is 69.5 Å². The minimum Gasteiger partial charge on any atom is -0.480 e. The maximum atomic E-state index is 12.9. The van der Waals surface area contributed by atoms with Crippen LogP contribution >= 0.6 is 24.4 Å². The van der Waals surface area contributed by atoms with Crippen LogP contribution in [-0.2, 0) is 50.2 Å². The summed E-state index contributed by atoms with van der Waals surface area (Å²) >= 11 is 11.0. The summed E-state index contributed by atoms with van der Waals surface area (Å²) in [6, 6.07) is 22.5. The summed E-state index contributed by atoms with van der Waals surface area (Å²) in [7, 11) is 0. The molecule has 0 aromatic heterocycles. The van der Waals surface area contributed by atoms with Crippen molar-refractivity contribution >= 4 is 75.8 Å². The maximum Gasteiger partial charge on any atom is 0.317 e. The van der Waals surface area contributed by atoms with Gasteiger partial charge in [0.05, 0.1) is 32.7 Å². The van der Waals surface area contributed by atoms with Crippen LogP contribution in [0.15, 0.2) is 72.8 Å². The second-order valence-electron chi connectivity index (χ2n) is 13.3. The average molecular weight is 822 g/mol. The minimum absolute atomic E-state index is 0.0305. The Kier molecular flexibility index (Phi) is 17.5. The summed E-state index contributed by atoms with van der Waals surface area (Å²) < 4.78 is 0. The van der Waals surface area contributed by atoms with E-state index in [9.17, 15) is 39.3 Å². The molecule has 4 heterocycles. The van der Waals surface area contributed by atoms with Crippen LogP contribution in [0, 0.1) is 0 Å². The van der Waals surface area contributed by atoms with Crippen molar-refractivity contribution in [1.82, 2.24) is 36.0 Å². The van der Waals surface area contributed by atoms with E-state index in [0.29, 0.717) is 23.3 Å². The van der Waals surface area contributed by atoms with Gasteiger partial charge in [0.15, 0.2) is 10.2 Å². The zero-order valence-corrected chi connectivity index (χ0v) is 32.8. The zero-order chi connectivity index (χ0) is 41.2. The van der Waals surface area contributed by atoms with Crippen molar-refractivity contribution in [1.29, 1.82) is 0 Å². The molecule has 19 heteroatoms. The summed E-state index contributed by atoms with van der Waals surface area (Å²) in [5, 5.41) is 47.7. The second-order valence-corrected chi connectivity index (χ2v) is 14.1. The lowest BCUT2D eigenvalue weighted by Gasteiger charge is -2.28. The first-order valence-corrected chi connectivity index (χ1v) is 18.8. The highest BCUT2D eigenvalue weighted by Crippen LogP contribution is 2.12. The van der Waals surface area contributed by atoms with Crippen LogP contribution in [0.2, 0.25) is 0 Å². The van der Waals surface area contributed by atoms with E-state index in [1.807, 2.05) is 72.8 Å². The molecule has 3 aromatic carbocycles. The number of carboxylic acid groups (broad SMARTS) is 3. The van der Waals surface area contributed by atoms with Crippen molar-refractivity contribution in [2.24, 2.45) is 0 Å². The molecule has 0 spiro atoms. The Bertz CT molecular complexity index is 1760. The summed E-state index contributed by atoms with van der Waals surface area (Å²) in [5.41, 5.74) is 5.08. The molecule has 0 saturated carbocycles. The number of benzene rings is 3. The van der Waals surface area contributed by atoms with Gasteiger partial charge in [0.1, 0.15) is 0 Å². The molecule has 0 aliphatic carbocycles. The molecule has 4 aliphatic rings. The van der Waals surface area contributed by atoms with E-state index in [2.05, 4.69) is 31.9 Å². The summed E-state index contributed by atoms with van der Waals surface area (Å²) in [4.78, 5) is 65.0. The van der Waals surface area contributed by atoms with Gasteiger partial charge in [-0.2, -0.15) is 0 Å². The molecule has 6 bridgehead atoms. The molecule has 0 atom stereocenters. The number of carbonyl (C=O) groups excluding carboxylic acids is 2. The zero-order valence-electron chi connectivity index (χ0n) is 31.2. The third-order valence-corrected chi connectivity index (χ3v) is 9.07. The fourth-order valence-electron chi connectivity index (χ4n) is 5.73. The number of nitrogens with one attached hydrogen (secondary N) is 6. The van der Waals surface area contributed by atoms with Crippen LogP contribution in [0.4, 0.5) is 11.4 Å². The van der Waals surface area contributed by atoms with Gasteiger partial charge in [-0.05, 0) is 71.0 Å². The summed E-state index contributed by atoms with van der Waals surface area (Å²) in [5.74, 6) is -4.35. The van der Waals surface area contributed by atoms with Gasteiger partial charge in [0, 0.05) is 63.7 Å². The number of carboxylic acids is 3. The van der Waals surface area contributed by atoms with E-state index in [-0.39, 0.29) is 52.4 Å². The van der Waals surface area contributed by atoms with Crippen LogP contribution in [-0.4, -0.2) is 129 Å². The standard InChI is InChI=1S/C38H47N9O8S2/c48-32-21-46(24-35(52)53)14-12-45(23-34(50)51)13-15-47(25-36(54)55)22-33(49)40-18-27-6-10-31(11-7-27)44-38(57)42-20-29-3-1-2-28(16-29)19-41-37(56)43-30-8-4-26(5-9-30)17-39-32/h1-11,16H,12-15,17-25H2,(H,39,48)(H,40,49)(H,50,51)(H,52,53)(H,54,55)(H2,41,43,56)(H2,42,44,57). The fourth-order valence-corrected chi connectivity index (χ4v) is 6.11. The molecule has 0 unspecified atom stereocenters. The molecular formula is C38H47N9O8S2. The SMILES string of the molecule is O=C(O)CN1CCN(CC(=O)O)CC(=O)NCc2ccc(cc2)NC(=S)NCc2cccc(c2)CNC(=S)Nc2ccc(cc2)CNC(=O)CN(CC(=O)O)CC1. The second kappa shape index (κ2) is 22.7. The number of amides is 2. The molecule has 17 nitrogen and oxygen atoms in total. The Morgan fingerprint density at radius 3 is 1.25 bits per heavy atom. The number of nitrogens with zero attached hydrogens (tertiary/aromatic N) is 3. The highest BCUT2D eigenvalue weighted by Gasteiger charge is 2.20. The van der Waals surface area contributed by atoms with E-state index in [1.54, 1.807) is 0 Å². The number of hydrogen-bond acceptors (Lipinski definition) is 10. The normalized spacial score (nSPS) is 16.8. The summed E-state index contributed by atoms with van der Waals surface area (Å²) in [6.07, 6.45) is 0. The molecule has 0 saturated heterocycles. The molecule has 304 valence electrons. The first-order chi connectivity index (χ1) is 27.3. The van der Waals surface area contributed by atoms with Crippen molar-refractivity contribution in [3.63, 3.8) is 0 Å². The Morgan fingerprint density at radius 1 is 0.509 bits per heavy atom. The smallest absolute Gasteiger partial charge is 0.317 e. The molecule has 4 aliphatic heterocycles. The van der Waals surface area contributed by atoms with E-state index < -0.39 is 49.4 Å². The van der Waals surface area contributed by atoms with Gasteiger partial charge in [-0.3, -0.25) is 38.7 Å². The largest absolute Gasteiger partial charge is 0.480 e. The fraction of sp³-hybridized carbons (Fsp3) is 0.342. The topological polar surface area (TPSA) is 228 Å². The number of carbonyl (C=O) groups is 5. The quantitative estimate of drug-likeness (QED) is 0.159. The lowest BCUT2D eigenvalue weighted by molar-refractivity contribution is -0.141. The highest BCUT2D eigenvalue weighted by atomic mass is 32.1. The Hall–Kier alpha value is -5.73. The molecular weight excluding hydrogens is 775 g/mol. The Balaban J connectivity index is 1.47. The van der Waals surface area contributed by atoms with E-state index in [4.69, 9.17) is 24.4 Å². The van der Waals surface area contributed by atoms with E-state index in [1.165, 1.54) is 14.7 Å². The number of anilines is 2. The van der Waals surface area contributed by atoms with E-state index in [0.717, 1.165) is 33.6 Å². The van der Waals surface area contributed by atoms with Crippen molar-refractivity contribution in [3.05, 3.63) is 95.1 Å². The number of aliphatic carboxylic acids is 3. The molecule has 0 fully saturated rings. The first-order valence-electron chi connectivity index (χ1n) is 18.0. The van der Waals surface area contributed by atoms with Crippen LogP contribution in [0.5, 0.6) is 0 Å². The third-order valence-electron chi connectivity index (χ3n) is 8.58. The van der Waals surface area contributed by atoms with Crippen LogP contribution in [0.3, 0.4) is 0 Å². The van der Waals surface area contributed by atoms with Crippen LogP contribution in [0.25, 0.3) is 0 Å². The minimum atomic E-state index is -1.17. The molecule has 2 amide bonds. The van der Waals surface area contributed by atoms with E-state index >= 15 is 0 Å². The van der Waals surface area contributed by atoms with Crippen LogP contribution in [0.1, 0.15) is 22.3 Å². The molecule has 3 aromatic rings. The number of hydrogen-bond donors (Lipinski definition) is 9. The van der Waals surface area contributed by atoms with Gasteiger partial charge in [0.25, 0.3) is 0 Å². The molecule has 57 heavy (non-hydrogen) atoms. The lowest BCUT2D eigenvalue weighted by atomic mass is 10.1. The Labute approximate surface area is 340 Å². The first kappa shape index (κ1) is 44.0. The highest BCUT2D eigenvalue weighted by molar-refractivity contribution is 7.80. The molecule has 0 radical (unpaired) electrons. The predicted octanol–water partition coefficient (Wildman–Crippen LogP) is 1.07. The van der Waals surface area contributed by atoms with Gasteiger partial charge < -0.3 is 47.2 Å². The van der Waals surface area contributed by atoms with Crippen molar-refractivity contribution in [2.45, 2.75) is 26.2 Å². The number of thiocarbonyl (C=S) groups is 2. The van der Waals surface area contributed by atoms with Gasteiger partial charge >= 0.3 is 17.9 Å². The predicted molar refractivity (Wildman–Crippen MR) is 221 cm³/mol.